The second-order valence-electron chi connectivity index (χ2n) is 7.54. The Morgan fingerprint density at radius 2 is 1.72 bits per heavy atom. The Bertz CT molecular complexity index is 548. The van der Waals surface area contributed by atoms with Gasteiger partial charge in [0.1, 0.15) is 11.5 Å². The maximum absolute atomic E-state index is 11.2. The third kappa shape index (κ3) is 4.27. The fourth-order valence-electron chi connectivity index (χ4n) is 4.19. The molecule has 25 heavy (non-hydrogen) atoms. The zero-order valence-corrected chi connectivity index (χ0v) is 15.8. The van der Waals surface area contributed by atoms with E-state index in [1.165, 1.54) is 25.8 Å². The van der Waals surface area contributed by atoms with Crippen molar-refractivity contribution in [3.63, 3.8) is 0 Å². The molecule has 0 aliphatic carbocycles. The van der Waals surface area contributed by atoms with Crippen LogP contribution in [0.4, 0.5) is 0 Å². The van der Waals surface area contributed by atoms with Crippen LogP contribution in [0.25, 0.3) is 0 Å². The molecule has 2 saturated heterocycles. The first kappa shape index (κ1) is 18.5. The van der Waals surface area contributed by atoms with Crippen molar-refractivity contribution in [3.05, 3.63) is 23.8 Å². The number of piperidine rings is 1. The van der Waals surface area contributed by atoms with E-state index in [0.29, 0.717) is 0 Å². The Kier molecular flexibility index (Phi) is 5.87. The molecule has 0 spiro atoms. The van der Waals surface area contributed by atoms with Crippen LogP contribution in [-0.4, -0.2) is 68.4 Å². The smallest absolute Gasteiger partial charge is 0.122 e. The Hall–Kier alpha value is -1.30. The van der Waals surface area contributed by atoms with E-state index in [0.717, 1.165) is 55.6 Å². The molecule has 2 fully saturated rings. The number of benzene rings is 1. The second-order valence-corrected chi connectivity index (χ2v) is 7.54. The highest BCUT2D eigenvalue weighted by Crippen LogP contribution is 2.37. The third-order valence-corrected chi connectivity index (χ3v) is 6.02. The van der Waals surface area contributed by atoms with Crippen molar-refractivity contribution in [2.24, 2.45) is 0 Å². The highest BCUT2D eigenvalue weighted by molar-refractivity contribution is 5.41. The van der Waals surface area contributed by atoms with Crippen molar-refractivity contribution in [1.29, 1.82) is 0 Å². The number of methoxy groups -OCH3 is 2. The molecule has 0 saturated carbocycles. The SMILES string of the molecule is COc1cc(OC)cc(C2(O)CCN(CCC3CCCN3C)CC2)c1. The lowest BCUT2D eigenvalue weighted by Gasteiger charge is -2.39. The Balaban J connectivity index is 1.58. The molecule has 1 aromatic carbocycles. The fourth-order valence-corrected chi connectivity index (χ4v) is 4.19. The Morgan fingerprint density at radius 3 is 2.24 bits per heavy atom. The van der Waals surface area contributed by atoms with Gasteiger partial charge in [0.2, 0.25) is 0 Å². The van der Waals surface area contributed by atoms with Gasteiger partial charge in [0.15, 0.2) is 0 Å². The van der Waals surface area contributed by atoms with Crippen molar-refractivity contribution >= 4 is 0 Å². The molecule has 0 bridgehead atoms. The maximum atomic E-state index is 11.2. The first-order valence-corrected chi connectivity index (χ1v) is 9.42. The molecule has 1 atom stereocenters. The van der Waals surface area contributed by atoms with Gasteiger partial charge in [-0.3, -0.25) is 0 Å². The zero-order valence-electron chi connectivity index (χ0n) is 15.8. The van der Waals surface area contributed by atoms with Crippen LogP contribution < -0.4 is 9.47 Å². The van der Waals surface area contributed by atoms with Gasteiger partial charge in [-0.2, -0.15) is 0 Å². The number of likely N-dealkylation sites (tertiary alicyclic amines) is 2. The molecular weight excluding hydrogens is 316 g/mol. The summed E-state index contributed by atoms with van der Waals surface area (Å²) in [5, 5.41) is 11.2. The largest absolute Gasteiger partial charge is 0.497 e. The molecule has 1 aromatic rings. The van der Waals surface area contributed by atoms with E-state index in [-0.39, 0.29) is 0 Å². The lowest BCUT2D eigenvalue weighted by molar-refractivity contribution is -0.0271. The molecule has 2 aliphatic heterocycles. The van der Waals surface area contributed by atoms with Gasteiger partial charge >= 0.3 is 0 Å². The van der Waals surface area contributed by atoms with E-state index in [1.54, 1.807) is 14.2 Å². The average molecular weight is 348 g/mol. The highest BCUT2D eigenvalue weighted by atomic mass is 16.5. The van der Waals surface area contributed by atoms with Crippen LogP contribution in [0.15, 0.2) is 18.2 Å². The predicted octanol–water partition coefficient (Wildman–Crippen LogP) is 2.47. The van der Waals surface area contributed by atoms with Crippen LogP contribution in [-0.2, 0) is 5.60 Å². The summed E-state index contributed by atoms with van der Waals surface area (Å²) in [6.07, 6.45) is 5.41. The number of hydrogen-bond acceptors (Lipinski definition) is 5. The summed E-state index contributed by atoms with van der Waals surface area (Å²) in [6, 6.07) is 6.46. The summed E-state index contributed by atoms with van der Waals surface area (Å²) in [7, 11) is 5.53. The standard InChI is InChI=1S/C20H32N2O3/c1-21-9-4-5-17(21)6-10-22-11-7-20(23,8-12-22)16-13-18(24-2)15-19(14-16)25-3/h13-15,17,23H,4-12H2,1-3H3. The van der Waals surface area contributed by atoms with E-state index in [4.69, 9.17) is 9.47 Å². The summed E-state index contributed by atoms with van der Waals surface area (Å²) in [4.78, 5) is 4.99. The van der Waals surface area contributed by atoms with E-state index < -0.39 is 5.60 Å². The predicted molar refractivity (Wildman–Crippen MR) is 99.4 cm³/mol. The summed E-state index contributed by atoms with van der Waals surface area (Å²) in [5.74, 6) is 1.46. The van der Waals surface area contributed by atoms with Gasteiger partial charge in [-0.25, -0.2) is 0 Å². The molecule has 140 valence electrons. The van der Waals surface area contributed by atoms with E-state index >= 15 is 0 Å². The molecule has 5 nitrogen and oxygen atoms in total. The fraction of sp³-hybridized carbons (Fsp3) is 0.700. The topological polar surface area (TPSA) is 45.2 Å². The van der Waals surface area contributed by atoms with E-state index in [9.17, 15) is 5.11 Å². The number of hydrogen-bond donors (Lipinski definition) is 1. The van der Waals surface area contributed by atoms with E-state index in [2.05, 4.69) is 16.8 Å². The first-order chi connectivity index (χ1) is 12.0. The average Bonchev–Trinajstić information content (AvgIpc) is 3.05. The molecule has 1 unspecified atom stereocenters. The van der Waals surface area contributed by atoms with Crippen molar-refractivity contribution in [2.75, 3.05) is 47.4 Å². The van der Waals surface area contributed by atoms with Crippen LogP contribution in [0, 0.1) is 0 Å². The van der Waals surface area contributed by atoms with Gasteiger partial charge in [-0.15, -0.1) is 0 Å². The Morgan fingerprint density at radius 1 is 1.08 bits per heavy atom. The number of ether oxygens (including phenoxy) is 2. The van der Waals surface area contributed by atoms with Crippen LogP contribution in [0.3, 0.4) is 0 Å². The minimum atomic E-state index is -0.789. The molecular formula is C20H32N2O3. The van der Waals surface area contributed by atoms with Crippen molar-refractivity contribution in [2.45, 2.75) is 43.7 Å². The number of rotatable bonds is 6. The maximum Gasteiger partial charge on any atom is 0.122 e. The first-order valence-electron chi connectivity index (χ1n) is 9.42. The van der Waals surface area contributed by atoms with Gasteiger partial charge in [-0.05, 0) is 69.9 Å². The number of nitrogens with zero attached hydrogens (tertiary/aromatic N) is 2. The molecule has 2 heterocycles. The van der Waals surface area contributed by atoms with Crippen LogP contribution in [0.5, 0.6) is 11.5 Å². The lowest BCUT2D eigenvalue weighted by atomic mass is 9.84. The Labute approximate surface area is 151 Å². The summed E-state index contributed by atoms with van der Waals surface area (Å²) in [5.41, 5.74) is 0.113. The van der Waals surface area contributed by atoms with Gasteiger partial charge in [-0.1, -0.05) is 0 Å². The van der Waals surface area contributed by atoms with Gasteiger partial charge in [0.05, 0.1) is 19.8 Å². The van der Waals surface area contributed by atoms with Gasteiger partial charge < -0.3 is 24.4 Å². The molecule has 1 N–H and O–H groups in total. The molecule has 2 aliphatic rings. The van der Waals surface area contributed by atoms with Crippen molar-refractivity contribution in [3.8, 4) is 11.5 Å². The normalized spacial score (nSPS) is 24.4. The number of aliphatic hydroxyl groups is 1. The van der Waals surface area contributed by atoms with Crippen LogP contribution >= 0.6 is 0 Å². The molecule has 5 heteroatoms. The van der Waals surface area contributed by atoms with Gasteiger partial charge in [0, 0.05) is 25.2 Å². The quantitative estimate of drug-likeness (QED) is 0.856. The molecule has 0 aromatic heterocycles. The molecule has 0 amide bonds. The summed E-state index contributed by atoms with van der Waals surface area (Å²) < 4.78 is 10.7. The van der Waals surface area contributed by atoms with Gasteiger partial charge in [0.25, 0.3) is 0 Å². The monoisotopic (exact) mass is 348 g/mol. The van der Waals surface area contributed by atoms with E-state index in [1.807, 2.05) is 18.2 Å². The summed E-state index contributed by atoms with van der Waals surface area (Å²) >= 11 is 0. The molecule has 0 radical (unpaired) electrons. The van der Waals surface area contributed by atoms with Crippen LogP contribution in [0.1, 0.15) is 37.7 Å². The molecule has 3 rings (SSSR count). The summed E-state index contributed by atoms with van der Waals surface area (Å²) in [6.45, 7) is 4.24. The minimum absolute atomic E-state index is 0.731. The second kappa shape index (κ2) is 7.94. The highest BCUT2D eigenvalue weighted by Gasteiger charge is 2.35. The van der Waals surface area contributed by atoms with Crippen molar-refractivity contribution in [1.82, 2.24) is 9.80 Å². The lowest BCUT2D eigenvalue weighted by Crippen LogP contribution is -2.43. The zero-order chi connectivity index (χ0) is 17.9. The van der Waals surface area contributed by atoms with Crippen LogP contribution in [0.2, 0.25) is 0 Å². The van der Waals surface area contributed by atoms with Crippen molar-refractivity contribution < 1.29 is 14.6 Å². The third-order valence-electron chi connectivity index (χ3n) is 6.02. The minimum Gasteiger partial charge on any atom is -0.497 e.